The van der Waals surface area contributed by atoms with Crippen LogP contribution in [0.25, 0.3) is 0 Å². The fourth-order valence-corrected chi connectivity index (χ4v) is 2.44. The fourth-order valence-electron chi connectivity index (χ4n) is 2.44. The Morgan fingerprint density at radius 3 is 2.80 bits per heavy atom. The maximum Gasteiger partial charge on any atom is 0.231 e. The van der Waals surface area contributed by atoms with Crippen LogP contribution in [0.15, 0.2) is 34.7 Å². The lowest BCUT2D eigenvalue weighted by Crippen LogP contribution is -2.20. The van der Waals surface area contributed by atoms with E-state index in [9.17, 15) is 9.59 Å². The molecule has 0 radical (unpaired) electrons. The second-order valence-corrected chi connectivity index (χ2v) is 4.92. The number of aryl methyl sites for hydroxylation is 1. The first-order valence-electron chi connectivity index (χ1n) is 6.63. The molecule has 0 saturated carbocycles. The van der Waals surface area contributed by atoms with Gasteiger partial charge in [-0.05, 0) is 35.9 Å². The van der Waals surface area contributed by atoms with Gasteiger partial charge in [-0.3, -0.25) is 9.59 Å². The van der Waals surface area contributed by atoms with Crippen LogP contribution in [0.1, 0.15) is 34.4 Å². The van der Waals surface area contributed by atoms with Crippen LogP contribution in [0.5, 0.6) is 0 Å². The number of ketones is 1. The molecule has 0 spiro atoms. The summed E-state index contributed by atoms with van der Waals surface area (Å²) in [5, 5.41) is 0. The molecule has 1 aliphatic rings. The molecule has 0 unspecified atom stereocenters. The van der Waals surface area contributed by atoms with Gasteiger partial charge in [0.05, 0.1) is 6.42 Å². The summed E-state index contributed by atoms with van der Waals surface area (Å²) >= 11 is 0. The standard InChI is InChI=1S/C16H15NO3/c1-3-12-5-7-14(20-12)16(19)10-4-6-13-11(8-10)9-15(18)17(13)2/h4-8H,3,9H2,1-2H3. The number of benzene rings is 1. The second-order valence-electron chi connectivity index (χ2n) is 4.92. The summed E-state index contributed by atoms with van der Waals surface area (Å²) in [5.41, 5.74) is 2.33. The number of hydrogen-bond donors (Lipinski definition) is 0. The van der Waals surface area contributed by atoms with E-state index in [1.807, 2.05) is 19.1 Å². The largest absolute Gasteiger partial charge is 0.458 e. The number of carbonyl (C=O) groups excluding carboxylic acids is 2. The molecule has 1 aliphatic heterocycles. The second kappa shape index (κ2) is 4.63. The summed E-state index contributed by atoms with van der Waals surface area (Å²) < 4.78 is 5.48. The van der Waals surface area contributed by atoms with Gasteiger partial charge in [-0.1, -0.05) is 6.92 Å². The van der Waals surface area contributed by atoms with Crippen molar-refractivity contribution in [3.8, 4) is 0 Å². The fraction of sp³-hybridized carbons (Fsp3) is 0.250. The molecule has 20 heavy (non-hydrogen) atoms. The first-order chi connectivity index (χ1) is 9.60. The van der Waals surface area contributed by atoms with E-state index >= 15 is 0 Å². The van der Waals surface area contributed by atoms with E-state index in [2.05, 4.69) is 0 Å². The zero-order chi connectivity index (χ0) is 14.3. The van der Waals surface area contributed by atoms with Gasteiger partial charge in [0.2, 0.25) is 11.7 Å². The Bertz CT molecular complexity index is 699. The predicted octanol–water partition coefficient (Wildman–Crippen LogP) is 2.59. The number of hydrogen-bond acceptors (Lipinski definition) is 3. The quantitative estimate of drug-likeness (QED) is 0.805. The third kappa shape index (κ3) is 1.93. The van der Waals surface area contributed by atoms with Crippen LogP contribution in [0, 0.1) is 0 Å². The van der Waals surface area contributed by atoms with Gasteiger partial charge in [0, 0.05) is 24.7 Å². The van der Waals surface area contributed by atoms with E-state index in [-0.39, 0.29) is 11.7 Å². The first kappa shape index (κ1) is 12.7. The van der Waals surface area contributed by atoms with Gasteiger partial charge in [-0.25, -0.2) is 0 Å². The monoisotopic (exact) mass is 269 g/mol. The number of furan rings is 1. The Morgan fingerprint density at radius 2 is 2.10 bits per heavy atom. The summed E-state index contributed by atoms with van der Waals surface area (Å²) in [6.45, 7) is 1.98. The molecule has 2 heterocycles. The van der Waals surface area contributed by atoms with Crippen molar-refractivity contribution in [3.05, 3.63) is 53.0 Å². The number of fused-ring (bicyclic) bond motifs is 1. The van der Waals surface area contributed by atoms with Crippen molar-refractivity contribution in [2.24, 2.45) is 0 Å². The Kier molecular flexibility index (Phi) is 2.93. The van der Waals surface area contributed by atoms with E-state index in [0.29, 0.717) is 17.7 Å². The van der Waals surface area contributed by atoms with Gasteiger partial charge in [0.25, 0.3) is 0 Å². The third-order valence-electron chi connectivity index (χ3n) is 3.65. The molecule has 2 aromatic rings. The van der Waals surface area contributed by atoms with Gasteiger partial charge < -0.3 is 9.32 Å². The van der Waals surface area contributed by atoms with E-state index in [0.717, 1.165) is 23.4 Å². The van der Waals surface area contributed by atoms with Crippen molar-refractivity contribution >= 4 is 17.4 Å². The SMILES string of the molecule is CCc1ccc(C(=O)c2ccc3c(c2)CC(=O)N3C)o1. The zero-order valence-corrected chi connectivity index (χ0v) is 11.5. The number of anilines is 1. The summed E-state index contributed by atoms with van der Waals surface area (Å²) in [4.78, 5) is 25.6. The molecule has 0 bridgehead atoms. The highest BCUT2D eigenvalue weighted by molar-refractivity contribution is 6.09. The van der Waals surface area contributed by atoms with Gasteiger partial charge in [-0.2, -0.15) is 0 Å². The molecule has 102 valence electrons. The summed E-state index contributed by atoms with van der Waals surface area (Å²) in [7, 11) is 1.75. The Labute approximate surface area is 117 Å². The normalized spacial score (nSPS) is 13.7. The number of carbonyl (C=O) groups is 2. The van der Waals surface area contributed by atoms with Crippen LogP contribution < -0.4 is 4.90 Å². The zero-order valence-electron chi connectivity index (χ0n) is 11.5. The molecule has 0 fully saturated rings. The molecule has 1 aromatic heterocycles. The number of rotatable bonds is 3. The van der Waals surface area contributed by atoms with Crippen LogP contribution in [0.3, 0.4) is 0 Å². The van der Waals surface area contributed by atoms with Gasteiger partial charge >= 0.3 is 0 Å². The Balaban J connectivity index is 1.94. The van der Waals surface area contributed by atoms with Gasteiger partial charge in [0.15, 0.2) is 5.76 Å². The van der Waals surface area contributed by atoms with Crippen LogP contribution in [0.4, 0.5) is 5.69 Å². The molecule has 1 amide bonds. The smallest absolute Gasteiger partial charge is 0.231 e. The molecule has 0 saturated heterocycles. The third-order valence-corrected chi connectivity index (χ3v) is 3.65. The van der Waals surface area contributed by atoms with Crippen molar-refractivity contribution in [2.75, 3.05) is 11.9 Å². The minimum atomic E-state index is -0.144. The predicted molar refractivity (Wildman–Crippen MR) is 75.1 cm³/mol. The molecule has 0 aliphatic carbocycles. The summed E-state index contributed by atoms with van der Waals surface area (Å²) in [6.07, 6.45) is 1.11. The molecule has 1 aromatic carbocycles. The highest BCUT2D eigenvalue weighted by Gasteiger charge is 2.25. The van der Waals surface area contributed by atoms with Crippen molar-refractivity contribution < 1.29 is 14.0 Å². The lowest BCUT2D eigenvalue weighted by atomic mass is 10.0. The molecule has 0 atom stereocenters. The van der Waals surface area contributed by atoms with Crippen LogP contribution in [0.2, 0.25) is 0 Å². The van der Waals surface area contributed by atoms with Crippen LogP contribution in [-0.2, 0) is 17.6 Å². The van der Waals surface area contributed by atoms with E-state index in [1.165, 1.54) is 0 Å². The van der Waals surface area contributed by atoms with E-state index < -0.39 is 0 Å². The molecule has 0 N–H and O–H groups in total. The Hall–Kier alpha value is -2.36. The average molecular weight is 269 g/mol. The Morgan fingerprint density at radius 1 is 1.30 bits per heavy atom. The van der Waals surface area contributed by atoms with E-state index in [4.69, 9.17) is 4.42 Å². The van der Waals surface area contributed by atoms with E-state index in [1.54, 1.807) is 30.1 Å². The number of amides is 1. The van der Waals surface area contributed by atoms with Crippen molar-refractivity contribution in [1.82, 2.24) is 0 Å². The number of likely N-dealkylation sites (N-methyl/N-ethyl adjacent to an activating group) is 1. The molecule has 3 rings (SSSR count). The summed E-state index contributed by atoms with van der Waals surface area (Å²) in [5.74, 6) is 1.05. The average Bonchev–Trinajstić information content (AvgIpc) is 3.04. The molecular weight excluding hydrogens is 254 g/mol. The molecule has 4 nitrogen and oxygen atoms in total. The van der Waals surface area contributed by atoms with Gasteiger partial charge in [-0.15, -0.1) is 0 Å². The van der Waals surface area contributed by atoms with Gasteiger partial charge in [0.1, 0.15) is 5.76 Å². The first-order valence-corrected chi connectivity index (χ1v) is 6.63. The van der Waals surface area contributed by atoms with Crippen molar-refractivity contribution in [3.63, 3.8) is 0 Å². The van der Waals surface area contributed by atoms with Crippen LogP contribution in [-0.4, -0.2) is 18.7 Å². The number of nitrogens with zero attached hydrogens (tertiary/aromatic N) is 1. The molecular formula is C16H15NO3. The lowest BCUT2D eigenvalue weighted by molar-refractivity contribution is -0.117. The van der Waals surface area contributed by atoms with Crippen molar-refractivity contribution in [1.29, 1.82) is 0 Å². The van der Waals surface area contributed by atoms with Crippen molar-refractivity contribution in [2.45, 2.75) is 19.8 Å². The van der Waals surface area contributed by atoms with Crippen LogP contribution >= 0.6 is 0 Å². The maximum absolute atomic E-state index is 12.3. The summed E-state index contributed by atoms with van der Waals surface area (Å²) in [6, 6.07) is 8.86. The molecule has 4 heteroatoms. The maximum atomic E-state index is 12.3. The minimum Gasteiger partial charge on any atom is -0.458 e. The highest BCUT2D eigenvalue weighted by Crippen LogP contribution is 2.29. The highest BCUT2D eigenvalue weighted by atomic mass is 16.3. The lowest BCUT2D eigenvalue weighted by Gasteiger charge is -2.09. The minimum absolute atomic E-state index is 0.0517. The topological polar surface area (TPSA) is 50.5 Å².